The van der Waals surface area contributed by atoms with Gasteiger partial charge in [0.1, 0.15) is 0 Å². The summed E-state index contributed by atoms with van der Waals surface area (Å²) >= 11 is 1.15. The molecule has 1 aliphatic heterocycles. The van der Waals surface area contributed by atoms with Crippen LogP contribution in [-0.4, -0.2) is 22.9 Å². The summed E-state index contributed by atoms with van der Waals surface area (Å²) in [5.74, 6) is -0.824. The van der Waals surface area contributed by atoms with E-state index in [1.807, 2.05) is 36.4 Å². The number of carbonyl (C=O) groups is 3. The van der Waals surface area contributed by atoms with Crippen molar-refractivity contribution in [3.63, 3.8) is 0 Å². The minimum absolute atomic E-state index is 0.153. The number of nitrogens with zero attached hydrogens (tertiary/aromatic N) is 2. The van der Waals surface area contributed by atoms with E-state index < -0.39 is 5.91 Å². The van der Waals surface area contributed by atoms with E-state index in [0.29, 0.717) is 27.0 Å². The van der Waals surface area contributed by atoms with Crippen LogP contribution < -0.4 is 10.2 Å². The van der Waals surface area contributed by atoms with Crippen LogP contribution in [0.1, 0.15) is 22.8 Å². The van der Waals surface area contributed by atoms with Crippen molar-refractivity contribution in [2.45, 2.75) is 6.92 Å². The van der Waals surface area contributed by atoms with Crippen LogP contribution in [0.15, 0.2) is 94.8 Å². The van der Waals surface area contributed by atoms with Gasteiger partial charge in [0.2, 0.25) is 5.91 Å². The number of para-hydroxylation sites is 1. The molecule has 7 heteroatoms. The van der Waals surface area contributed by atoms with Gasteiger partial charge in [0.05, 0.1) is 10.6 Å². The highest BCUT2D eigenvalue weighted by molar-refractivity contribution is 8.19. The van der Waals surface area contributed by atoms with Crippen molar-refractivity contribution in [2.24, 2.45) is 4.99 Å². The number of aliphatic imine (C=N–C) groups is 1. The molecule has 0 saturated carbocycles. The zero-order chi connectivity index (χ0) is 22.5. The van der Waals surface area contributed by atoms with Crippen molar-refractivity contribution >= 4 is 52.1 Å². The van der Waals surface area contributed by atoms with Crippen molar-refractivity contribution in [3.05, 3.63) is 101 Å². The molecule has 0 aromatic heterocycles. The molecule has 1 N–H and O–H groups in total. The van der Waals surface area contributed by atoms with Crippen LogP contribution in [0.25, 0.3) is 6.08 Å². The van der Waals surface area contributed by atoms with E-state index in [9.17, 15) is 14.4 Å². The van der Waals surface area contributed by atoms with Crippen LogP contribution in [0.3, 0.4) is 0 Å². The number of hydrogen-bond donors (Lipinski definition) is 1. The Hall–Kier alpha value is -3.97. The third kappa shape index (κ3) is 4.84. The summed E-state index contributed by atoms with van der Waals surface area (Å²) in [6.45, 7) is 1.44. The van der Waals surface area contributed by atoms with Gasteiger partial charge in [-0.05, 0) is 59.8 Å². The van der Waals surface area contributed by atoms with E-state index in [-0.39, 0.29) is 11.8 Å². The molecular weight excluding hydrogens is 422 g/mol. The lowest BCUT2D eigenvalue weighted by molar-refractivity contribution is -0.114. The highest BCUT2D eigenvalue weighted by Crippen LogP contribution is 2.36. The molecule has 6 nitrogen and oxygen atoms in total. The van der Waals surface area contributed by atoms with Crippen molar-refractivity contribution in [2.75, 3.05) is 10.2 Å². The fourth-order valence-corrected chi connectivity index (χ4v) is 4.08. The smallest absolute Gasteiger partial charge is 0.279 e. The third-order valence-corrected chi connectivity index (χ3v) is 5.54. The highest BCUT2D eigenvalue weighted by atomic mass is 32.2. The molecule has 3 aromatic carbocycles. The molecule has 1 aliphatic rings. The molecule has 1 heterocycles. The Balaban J connectivity index is 1.68. The second-order valence-electron chi connectivity index (χ2n) is 6.96. The molecule has 32 heavy (non-hydrogen) atoms. The molecule has 3 aromatic rings. The van der Waals surface area contributed by atoms with E-state index >= 15 is 0 Å². The van der Waals surface area contributed by atoms with Gasteiger partial charge in [-0.25, -0.2) is 0 Å². The maximum Gasteiger partial charge on any atom is 0.279 e. The molecule has 4 rings (SSSR count). The lowest BCUT2D eigenvalue weighted by atomic mass is 10.2. The molecule has 0 bridgehead atoms. The lowest BCUT2D eigenvalue weighted by Gasteiger charge is -2.15. The highest BCUT2D eigenvalue weighted by Gasteiger charge is 2.35. The molecule has 0 unspecified atom stereocenters. The standard InChI is InChI=1S/C25H19N3O3S/c1-17(29)26-20-14-12-18(13-15-20)16-22-24(31)28(21-10-6-3-7-11-21)25(32-22)27-23(30)19-8-4-2-5-9-19/h2-16H,1H3,(H,26,29)/b22-16-,27-25?. The molecule has 3 amide bonds. The Labute approximate surface area is 189 Å². The Morgan fingerprint density at radius 1 is 0.906 bits per heavy atom. The summed E-state index contributed by atoms with van der Waals surface area (Å²) in [6.07, 6.45) is 1.75. The number of thioether (sulfide) groups is 1. The summed E-state index contributed by atoms with van der Waals surface area (Å²) in [7, 11) is 0. The van der Waals surface area contributed by atoms with Gasteiger partial charge in [0.15, 0.2) is 5.17 Å². The van der Waals surface area contributed by atoms with Crippen molar-refractivity contribution in [3.8, 4) is 0 Å². The monoisotopic (exact) mass is 441 g/mol. The number of rotatable bonds is 4. The average Bonchev–Trinajstić information content (AvgIpc) is 3.10. The normalized spacial score (nSPS) is 15.9. The minimum atomic E-state index is -0.414. The third-order valence-electron chi connectivity index (χ3n) is 4.57. The zero-order valence-corrected chi connectivity index (χ0v) is 18.0. The van der Waals surface area contributed by atoms with E-state index in [4.69, 9.17) is 0 Å². The summed E-state index contributed by atoms with van der Waals surface area (Å²) in [6, 6.07) is 25.0. The molecule has 158 valence electrons. The van der Waals surface area contributed by atoms with E-state index in [1.165, 1.54) is 11.8 Å². The number of carbonyl (C=O) groups excluding carboxylic acids is 3. The number of amides is 3. The predicted molar refractivity (Wildman–Crippen MR) is 128 cm³/mol. The fraction of sp³-hybridized carbons (Fsp3) is 0.0400. The summed E-state index contributed by atoms with van der Waals surface area (Å²) in [5.41, 5.74) is 2.55. The van der Waals surface area contributed by atoms with Crippen LogP contribution in [0, 0.1) is 0 Å². The van der Waals surface area contributed by atoms with Crippen LogP contribution in [-0.2, 0) is 9.59 Å². The van der Waals surface area contributed by atoms with Gasteiger partial charge < -0.3 is 5.32 Å². The average molecular weight is 442 g/mol. The zero-order valence-electron chi connectivity index (χ0n) is 17.2. The van der Waals surface area contributed by atoms with E-state index in [1.54, 1.807) is 54.6 Å². The molecule has 1 saturated heterocycles. The number of nitrogens with one attached hydrogen (secondary N) is 1. The summed E-state index contributed by atoms with van der Waals surface area (Å²) in [4.78, 5) is 43.3. The molecule has 0 spiro atoms. The molecule has 0 aliphatic carbocycles. The number of benzene rings is 3. The van der Waals surface area contributed by atoms with Crippen molar-refractivity contribution in [1.29, 1.82) is 0 Å². The topological polar surface area (TPSA) is 78.8 Å². The SMILES string of the molecule is CC(=O)Nc1ccc(/C=C2\SC(=NC(=O)c3ccccc3)N(c3ccccc3)C2=O)cc1. The molecular formula is C25H19N3O3S. The van der Waals surface area contributed by atoms with E-state index in [0.717, 1.165) is 17.3 Å². The maximum atomic E-state index is 13.2. The van der Waals surface area contributed by atoms with Crippen molar-refractivity contribution in [1.82, 2.24) is 0 Å². The molecule has 0 radical (unpaired) electrons. The Bertz CT molecular complexity index is 1220. The van der Waals surface area contributed by atoms with Gasteiger partial charge in [0.25, 0.3) is 11.8 Å². The number of hydrogen-bond acceptors (Lipinski definition) is 4. The van der Waals surface area contributed by atoms with Gasteiger partial charge in [-0.15, -0.1) is 0 Å². The lowest BCUT2D eigenvalue weighted by Crippen LogP contribution is -2.29. The first-order chi connectivity index (χ1) is 15.5. The van der Waals surface area contributed by atoms with Gasteiger partial charge >= 0.3 is 0 Å². The first-order valence-electron chi connectivity index (χ1n) is 9.86. The maximum absolute atomic E-state index is 13.2. The number of anilines is 2. The van der Waals surface area contributed by atoms with E-state index in [2.05, 4.69) is 10.3 Å². The first-order valence-corrected chi connectivity index (χ1v) is 10.7. The predicted octanol–water partition coefficient (Wildman–Crippen LogP) is 4.96. The van der Waals surface area contributed by atoms with Gasteiger partial charge in [-0.2, -0.15) is 4.99 Å². The summed E-state index contributed by atoms with van der Waals surface area (Å²) < 4.78 is 0. The quantitative estimate of drug-likeness (QED) is 0.580. The molecule has 1 fully saturated rings. The van der Waals surface area contributed by atoms with Crippen LogP contribution in [0.2, 0.25) is 0 Å². The second-order valence-corrected chi connectivity index (χ2v) is 7.96. The second kappa shape index (κ2) is 9.45. The van der Waals surface area contributed by atoms with Crippen molar-refractivity contribution < 1.29 is 14.4 Å². The largest absolute Gasteiger partial charge is 0.326 e. The summed E-state index contributed by atoms with van der Waals surface area (Å²) in [5, 5.41) is 3.01. The minimum Gasteiger partial charge on any atom is -0.326 e. The Morgan fingerprint density at radius 3 is 2.16 bits per heavy atom. The van der Waals surface area contributed by atoms with Crippen LogP contribution in [0.5, 0.6) is 0 Å². The van der Waals surface area contributed by atoms with Crippen LogP contribution >= 0.6 is 11.8 Å². The Kier molecular flexibility index (Phi) is 6.28. The Morgan fingerprint density at radius 2 is 1.53 bits per heavy atom. The number of amidine groups is 1. The molecule has 0 atom stereocenters. The van der Waals surface area contributed by atoms with Gasteiger partial charge in [-0.3, -0.25) is 19.3 Å². The van der Waals surface area contributed by atoms with Gasteiger partial charge in [0, 0.05) is 18.2 Å². The first kappa shape index (κ1) is 21.3. The van der Waals surface area contributed by atoms with Crippen LogP contribution in [0.4, 0.5) is 11.4 Å². The van der Waals surface area contributed by atoms with Gasteiger partial charge in [-0.1, -0.05) is 48.5 Å². The fourth-order valence-electron chi connectivity index (χ4n) is 3.10.